The maximum atomic E-state index is 5.23. The molecule has 0 bridgehead atoms. The van der Waals surface area contributed by atoms with E-state index in [0.717, 1.165) is 33.5 Å². The van der Waals surface area contributed by atoms with E-state index in [-0.39, 0.29) is 0 Å². The van der Waals surface area contributed by atoms with Crippen LogP contribution < -0.4 is 10.1 Å². The monoisotopic (exact) mass is 343 g/mol. The Labute approximate surface area is 131 Å². The van der Waals surface area contributed by atoms with E-state index < -0.39 is 0 Å². The highest BCUT2D eigenvalue weighted by Gasteiger charge is 2.02. The van der Waals surface area contributed by atoms with Gasteiger partial charge >= 0.3 is 0 Å². The summed E-state index contributed by atoms with van der Waals surface area (Å²) in [6.45, 7) is 0.731. The van der Waals surface area contributed by atoms with Crippen molar-refractivity contribution in [1.82, 2.24) is 9.97 Å². The van der Waals surface area contributed by atoms with E-state index in [1.54, 1.807) is 19.5 Å². The lowest BCUT2D eigenvalue weighted by Crippen LogP contribution is -2.00. The smallest absolute Gasteiger partial charge is 0.133 e. The first-order valence-corrected chi connectivity index (χ1v) is 7.32. The first kappa shape index (κ1) is 13.8. The second-order valence-corrected chi connectivity index (χ2v) is 5.44. The van der Waals surface area contributed by atoms with Gasteiger partial charge in [0.25, 0.3) is 0 Å². The fourth-order valence-electron chi connectivity index (χ4n) is 2.10. The van der Waals surface area contributed by atoms with E-state index in [4.69, 9.17) is 4.74 Å². The van der Waals surface area contributed by atoms with Crippen molar-refractivity contribution in [3.63, 3.8) is 0 Å². The molecule has 0 radical (unpaired) electrons. The van der Waals surface area contributed by atoms with Crippen molar-refractivity contribution in [2.24, 2.45) is 0 Å². The van der Waals surface area contributed by atoms with E-state index in [2.05, 4.69) is 31.2 Å². The number of halogens is 1. The third-order valence-electron chi connectivity index (χ3n) is 3.18. The number of ether oxygens (including phenoxy) is 1. The zero-order valence-electron chi connectivity index (χ0n) is 11.5. The summed E-state index contributed by atoms with van der Waals surface area (Å²) in [6.07, 6.45) is 3.40. The fourth-order valence-corrected chi connectivity index (χ4v) is 2.69. The van der Waals surface area contributed by atoms with E-state index in [0.29, 0.717) is 0 Å². The average molecular weight is 344 g/mol. The number of benzene rings is 2. The normalized spacial score (nSPS) is 10.6. The molecule has 1 N–H and O–H groups in total. The fraction of sp³-hybridized carbons (Fsp3) is 0.125. The van der Waals surface area contributed by atoms with Crippen molar-refractivity contribution in [2.75, 3.05) is 12.4 Å². The van der Waals surface area contributed by atoms with E-state index in [9.17, 15) is 0 Å². The number of anilines is 1. The molecule has 0 aliphatic heterocycles. The number of aromatic nitrogens is 2. The molecule has 2 aromatic carbocycles. The summed E-state index contributed by atoms with van der Waals surface area (Å²) < 4.78 is 6.18. The summed E-state index contributed by atoms with van der Waals surface area (Å²) in [5.41, 5.74) is 3.98. The molecular weight excluding hydrogens is 330 g/mol. The number of methoxy groups -OCH3 is 1. The standard InChI is InChI=1S/C16H14BrN3O/c1-21-16-5-2-11(8-13(16)17)10-20-12-3-4-14-15(9-12)19-7-6-18-14/h2-9,20H,10H2,1H3. The van der Waals surface area contributed by atoms with Crippen LogP contribution in [0.4, 0.5) is 5.69 Å². The van der Waals surface area contributed by atoms with Crippen LogP contribution in [0.5, 0.6) is 5.75 Å². The third-order valence-corrected chi connectivity index (χ3v) is 3.80. The zero-order valence-corrected chi connectivity index (χ0v) is 13.1. The van der Waals surface area contributed by atoms with Gasteiger partial charge in [0.2, 0.25) is 0 Å². The Bertz CT molecular complexity index is 776. The highest BCUT2D eigenvalue weighted by Crippen LogP contribution is 2.26. The van der Waals surface area contributed by atoms with Crippen molar-refractivity contribution < 1.29 is 4.74 Å². The number of hydrogen-bond acceptors (Lipinski definition) is 4. The van der Waals surface area contributed by atoms with Gasteiger partial charge in [0, 0.05) is 24.6 Å². The van der Waals surface area contributed by atoms with Gasteiger partial charge in [-0.1, -0.05) is 6.07 Å². The maximum Gasteiger partial charge on any atom is 0.133 e. The molecule has 0 spiro atoms. The molecule has 0 atom stereocenters. The molecule has 21 heavy (non-hydrogen) atoms. The van der Waals surface area contributed by atoms with Crippen molar-refractivity contribution >= 4 is 32.7 Å². The summed E-state index contributed by atoms with van der Waals surface area (Å²) in [7, 11) is 1.66. The molecule has 0 aliphatic carbocycles. The Morgan fingerprint density at radius 3 is 2.62 bits per heavy atom. The molecule has 0 unspecified atom stereocenters. The lowest BCUT2D eigenvalue weighted by atomic mass is 10.2. The van der Waals surface area contributed by atoms with Gasteiger partial charge < -0.3 is 10.1 Å². The van der Waals surface area contributed by atoms with Crippen LogP contribution >= 0.6 is 15.9 Å². The Kier molecular flexibility index (Phi) is 4.01. The van der Waals surface area contributed by atoms with Crippen LogP contribution in [0.3, 0.4) is 0 Å². The molecule has 3 aromatic rings. The van der Waals surface area contributed by atoms with Crippen molar-refractivity contribution in [1.29, 1.82) is 0 Å². The van der Waals surface area contributed by atoms with Gasteiger partial charge in [-0.25, -0.2) is 0 Å². The van der Waals surface area contributed by atoms with Crippen LogP contribution in [0.25, 0.3) is 11.0 Å². The van der Waals surface area contributed by atoms with E-state index in [1.165, 1.54) is 5.56 Å². The lowest BCUT2D eigenvalue weighted by Gasteiger charge is -2.09. The van der Waals surface area contributed by atoms with Gasteiger partial charge in [0.15, 0.2) is 0 Å². The minimum Gasteiger partial charge on any atom is -0.496 e. The molecular formula is C16H14BrN3O. The zero-order chi connectivity index (χ0) is 14.7. The average Bonchev–Trinajstić information content (AvgIpc) is 2.53. The van der Waals surface area contributed by atoms with Crippen LogP contribution in [0.1, 0.15) is 5.56 Å². The molecule has 5 heteroatoms. The second-order valence-electron chi connectivity index (χ2n) is 4.58. The summed E-state index contributed by atoms with van der Waals surface area (Å²) >= 11 is 3.50. The first-order chi connectivity index (χ1) is 10.3. The summed E-state index contributed by atoms with van der Waals surface area (Å²) in [6, 6.07) is 12.0. The largest absolute Gasteiger partial charge is 0.496 e. The minimum atomic E-state index is 0.731. The molecule has 3 rings (SSSR count). The Morgan fingerprint density at radius 1 is 1.05 bits per heavy atom. The quantitative estimate of drug-likeness (QED) is 0.777. The molecule has 0 amide bonds. The predicted molar refractivity (Wildman–Crippen MR) is 87.6 cm³/mol. The number of hydrogen-bond donors (Lipinski definition) is 1. The molecule has 4 nitrogen and oxygen atoms in total. The van der Waals surface area contributed by atoms with Gasteiger partial charge in [-0.2, -0.15) is 0 Å². The van der Waals surface area contributed by atoms with Gasteiger partial charge in [-0.15, -0.1) is 0 Å². The van der Waals surface area contributed by atoms with Crippen LogP contribution in [-0.2, 0) is 6.54 Å². The highest BCUT2D eigenvalue weighted by molar-refractivity contribution is 9.10. The molecule has 1 heterocycles. The number of nitrogens with one attached hydrogen (secondary N) is 1. The van der Waals surface area contributed by atoms with Crippen molar-refractivity contribution in [3.05, 3.63) is 58.8 Å². The van der Waals surface area contributed by atoms with Crippen LogP contribution in [-0.4, -0.2) is 17.1 Å². The lowest BCUT2D eigenvalue weighted by molar-refractivity contribution is 0.412. The molecule has 0 saturated carbocycles. The van der Waals surface area contributed by atoms with Crippen molar-refractivity contribution in [3.8, 4) is 5.75 Å². The van der Waals surface area contributed by atoms with Gasteiger partial charge in [-0.05, 0) is 51.8 Å². The molecule has 0 aliphatic rings. The molecule has 106 valence electrons. The molecule has 0 fully saturated rings. The number of nitrogens with zero attached hydrogens (tertiary/aromatic N) is 2. The van der Waals surface area contributed by atoms with Gasteiger partial charge in [0.05, 0.1) is 22.6 Å². The summed E-state index contributed by atoms with van der Waals surface area (Å²) in [4.78, 5) is 8.57. The van der Waals surface area contributed by atoms with Crippen LogP contribution in [0.15, 0.2) is 53.3 Å². The van der Waals surface area contributed by atoms with Crippen LogP contribution in [0, 0.1) is 0 Å². The van der Waals surface area contributed by atoms with Gasteiger partial charge in [-0.3, -0.25) is 9.97 Å². The number of rotatable bonds is 4. The predicted octanol–water partition coefficient (Wildman–Crippen LogP) is 4.01. The van der Waals surface area contributed by atoms with Crippen LogP contribution in [0.2, 0.25) is 0 Å². The topological polar surface area (TPSA) is 47.0 Å². The highest BCUT2D eigenvalue weighted by atomic mass is 79.9. The molecule has 1 aromatic heterocycles. The summed E-state index contributed by atoms with van der Waals surface area (Å²) in [5, 5.41) is 3.39. The second kappa shape index (κ2) is 6.10. The third kappa shape index (κ3) is 3.13. The first-order valence-electron chi connectivity index (χ1n) is 6.53. The van der Waals surface area contributed by atoms with E-state index in [1.807, 2.05) is 36.4 Å². The Morgan fingerprint density at radius 2 is 1.86 bits per heavy atom. The number of fused-ring (bicyclic) bond motifs is 1. The maximum absolute atomic E-state index is 5.23. The van der Waals surface area contributed by atoms with Crippen molar-refractivity contribution in [2.45, 2.75) is 6.54 Å². The van der Waals surface area contributed by atoms with Gasteiger partial charge in [0.1, 0.15) is 5.75 Å². The Hall–Kier alpha value is -2.14. The SMILES string of the molecule is COc1ccc(CNc2ccc3nccnc3c2)cc1Br. The molecule has 0 saturated heterocycles. The van der Waals surface area contributed by atoms with E-state index >= 15 is 0 Å². The minimum absolute atomic E-state index is 0.731. The Balaban J connectivity index is 1.75. The summed E-state index contributed by atoms with van der Waals surface area (Å²) in [5.74, 6) is 0.833.